The van der Waals surface area contributed by atoms with Gasteiger partial charge >= 0.3 is 6.03 Å². The van der Waals surface area contributed by atoms with Crippen LogP contribution in [0.4, 0.5) is 4.79 Å². The van der Waals surface area contributed by atoms with Gasteiger partial charge in [-0.05, 0) is 12.8 Å². The van der Waals surface area contributed by atoms with Gasteiger partial charge < -0.3 is 15.1 Å². The molecule has 8 heteroatoms. The Morgan fingerprint density at radius 3 is 2.57 bits per heavy atom. The van der Waals surface area contributed by atoms with Crippen molar-refractivity contribution in [3.05, 3.63) is 0 Å². The Bertz CT molecular complexity index is 504. The van der Waals surface area contributed by atoms with Crippen LogP contribution >= 0.6 is 0 Å². The van der Waals surface area contributed by atoms with Crippen LogP contribution in [-0.2, 0) is 14.4 Å². The first-order valence-corrected chi connectivity index (χ1v) is 7.10. The number of nitrogens with zero attached hydrogens (tertiary/aromatic N) is 3. The molecule has 3 rings (SSSR count). The van der Waals surface area contributed by atoms with E-state index < -0.39 is 6.03 Å². The van der Waals surface area contributed by atoms with Crippen LogP contribution in [0.2, 0.25) is 0 Å². The number of imide groups is 1. The third-order valence-corrected chi connectivity index (χ3v) is 4.46. The Morgan fingerprint density at radius 2 is 1.90 bits per heavy atom. The van der Waals surface area contributed by atoms with Gasteiger partial charge in [0.1, 0.15) is 6.54 Å². The SMILES string of the molecule is CN1C[C@@H]2CC[C@H](CC1=O)N2C(=O)CN1C(=O)CNC1=O. The van der Waals surface area contributed by atoms with Crippen molar-refractivity contribution in [1.82, 2.24) is 20.0 Å². The molecular formula is C13H18N4O4. The summed E-state index contributed by atoms with van der Waals surface area (Å²) in [5, 5.41) is 2.40. The number of hydrogen-bond donors (Lipinski definition) is 1. The van der Waals surface area contributed by atoms with Crippen molar-refractivity contribution in [1.29, 1.82) is 0 Å². The molecule has 3 aliphatic rings. The van der Waals surface area contributed by atoms with Gasteiger partial charge in [-0.15, -0.1) is 0 Å². The molecule has 0 aliphatic carbocycles. The molecule has 0 aromatic heterocycles. The predicted octanol–water partition coefficient (Wildman–Crippen LogP) is -1.24. The van der Waals surface area contributed by atoms with E-state index in [2.05, 4.69) is 5.32 Å². The summed E-state index contributed by atoms with van der Waals surface area (Å²) in [5.41, 5.74) is 0. The second kappa shape index (κ2) is 5.01. The van der Waals surface area contributed by atoms with E-state index in [9.17, 15) is 19.2 Å². The normalized spacial score (nSPS) is 29.0. The number of carbonyl (C=O) groups excluding carboxylic acids is 4. The third-order valence-electron chi connectivity index (χ3n) is 4.46. The number of amides is 5. The fraction of sp³-hybridized carbons (Fsp3) is 0.692. The molecule has 0 saturated carbocycles. The predicted molar refractivity (Wildman–Crippen MR) is 71.0 cm³/mol. The number of fused-ring (bicyclic) bond motifs is 2. The Hall–Kier alpha value is -2.12. The van der Waals surface area contributed by atoms with Gasteiger partial charge in [-0.3, -0.25) is 19.3 Å². The summed E-state index contributed by atoms with van der Waals surface area (Å²) in [7, 11) is 1.74. The quantitative estimate of drug-likeness (QED) is 0.645. The lowest BCUT2D eigenvalue weighted by molar-refractivity contribution is -0.138. The van der Waals surface area contributed by atoms with E-state index in [-0.39, 0.29) is 42.9 Å². The van der Waals surface area contributed by atoms with E-state index in [0.717, 1.165) is 17.7 Å². The van der Waals surface area contributed by atoms with Gasteiger partial charge in [0.05, 0.1) is 6.54 Å². The number of rotatable bonds is 2. The summed E-state index contributed by atoms with van der Waals surface area (Å²) in [6.07, 6.45) is 1.98. The molecule has 0 aromatic carbocycles. The first kappa shape index (κ1) is 13.8. The second-order valence-corrected chi connectivity index (χ2v) is 5.80. The molecule has 0 radical (unpaired) electrons. The average Bonchev–Trinajstić information content (AvgIpc) is 2.92. The molecule has 21 heavy (non-hydrogen) atoms. The molecule has 3 aliphatic heterocycles. The lowest BCUT2D eigenvalue weighted by Crippen LogP contribution is -2.48. The van der Waals surface area contributed by atoms with Crippen molar-refractivity contribution in [2.24, 2.45) is 0 Å². The van der Waals surface area contributed by atoms with Gasteiger partial charge in [-0.1, -0.05) is 0 Å². The summed E-state index contributed by atoms with van der Waals surface area (Å²) in [4.78, 5) is 51.8. The molecule has 5 amide bonds. The van der Waals surface area contributed by atoms with Gasteiger partial charge in [-0.25, -0.2) is 4.79 Å². The smallest absolute Gasteiger partial charge is 0.325 e. The topological polar surface area (TPSA) is 90.0 Å². The number of likely N-dealkylation sites (tertiary alicyclic amines) is 1. The third kappa shape index (κ3) is 2.34. The molecule has 0 unspecified atom stereocenters. The Kier molecular flexibility index (Phi) is 3.30. The lowest BCUT2D eigenvalue weighted by atomic mass is 10.1. The van der Waals surface area contributed by atoms with Crippen molar-refractivity contribution in [3.63, 3.8) is 0 Å². The highest BCUT2D eigenvalue weighted by Gasteiger charge is 2.43. The number of hydrogen-bond acceptors (Lipinski definition) is 4. The van der Waals surface area contributed by atoms with E-state index in [1.165, 1.54) is 0 Å². The van der Waals surface area contributed by atoms with Crippen LogP contribution in [0.15, 0.2) is 0 Å². The maximum absolute atomic E-state index is 12.5. The molecule has 3 heterocycles. The number of carbonyl (C=O) groups is 4. The number of likely N-dealkylation sites (N-methyl/N-ethyl adjacent to an activating group) is 1. The van der Waals surface area contributed by atoms with E-state index in [4.69, 9.17) is 0 Å². The second-order valence-electron chi connectivity index (χ2n) is 5.80. The Labute approximate surface area is 122 Å². The minimum absolute atomic E-state index is 0.0142. The van der Waals surface area contributed by atoms with Crippen LogP contribution in [0.25, 0.3) is 0 Å². The summed E-state index contributed by atoms with van der Waals surface area (Å²) in [6, 6.07) is -0.649. The number of nitrogens with one attached hydrogen (secondary N) is 1. The fourth-order valence-corrected chi connectivity index (χ4v) is 3.36. The summed E-state index contributed by atoms with van der Waals surface area (Å²) >= 11 is 0. The molecule has 2 bridgehead atoms. The highest BCUT2D eigenvalue weighted by Crippen LogP contribution is 2.30. The maximum atomic E-state index is 12.5. The Morgan fingerprint density at radius 1 is 1.19 bits per heavy atom. The summed E-state index contributed by atoms with van der Waals surface area (Å²) < 4.78 is 0. The van der Waals surface area contributed by atoms with Crippen LogP contribution in [0.5, 0.6) is 0 Å². The van der Waals surface area contributed by atoms with E-state index in [0.29, 0.717) is 13.0 Å². The first-order valence-electron chi connectivity index (χ1n) is 7.10. The zero-order chi connectivity index (χ0) is 15.1. The van der Waals surface area contributed by atoms with Crippen molar-refractivity contribution >= 4 is 23.8 Å². The molecule has 2 atom stereocenters. The van der Waals surface area contributed by atoms with E-state index in [1.54, 1.807) is 16.8 Å². The number of urea groups is 1. The zero-order valence-electron chi connectivity index (χ0n) is 11.9. The van der Waals surface area contributed by atoms with Crippen LogP contribution in [0, 0.1) is 0 Å². The maximum Gasteiger partial charge on any atom is 0.325 e. The van der Waals surface area contributed by atoms with Gasteiger partial charge in [0.25, 0.3) is 5.91 Å². The monoisotopic (exact) mass is 294 g/mol. The molecule has 3 saturated heterocycles. The molecule has 0 spiro atoms. The van der Waals surface area contributed by atoms with E-state index >= 15 is 0 Å². The van der Waals surface area contributed by atoms with E-state index in [1.807, 2.05) is 0 Å². The molecule has 8 nitrogen and oxygen atoms in total. The summed E-state index contributed by atoms with van der Waals surface area (Å²) in [6.45, 7) is 0.219. The van der Waals surface area contributed by atoms with Crippen molar-refractivity contribution in [2.75, 3.05) is 26.7 Å². The van der Waals surface area contributed by atoms with Gasteiger partial charge in [0.2, 0.25) is 11.8 Å². The average molecular weight is 294 g/mol. The molecule has 1 N–H and O–H groups in total. The van der Waals surface area contributed by atoms with Crippen molar-refractivity contribution < 1.29 is 19.2 Å². The minimum Gasteiger partial charge on any atom is -0.344 e. The summed E-state index contributed by atoms with van der Waals surface area (Å²) in [5.74, 6) is -0.602. The molecule has 0 aromatic rings. The largest absolute Gasteiger partial charge is 0.344 e. The highest BCUT2D eigenvalue weighted by molar-refractivity contribution is 6.04. The lowest BCUT2D eigenvalue weighted by Gasteiger charge is -2.29. The minimum atomic E-state index is -0.524. The molecule has 114 valence electrons. The first-order chi connectivity index (χ1) is 9.97. The van der Waals surface area contributed by atoms with Crippen LogP contribution < -0.4 is 5.32 Å². The van der Waals surface area contributed by atoms with Gasteiger partial charge in [-0.2, -0.15) is 0 Å². The zero-order valence-corrected chi connectivity index (χ0v) is 11.9. The van der Waals surface area contributed by atoms with Crippen LogP contribution in [-0.4, -0.2) is 77.2 Å². The highest BCUT2D eigenvalue weighted by atomic mass is 16.2. The van der Waals surface area contributed by atoms with Crippen molar-refractivity contribution in [3.8, 4) is 0 Å². The van der Waals surface area contributed by atoms with Gasteiger partial charge in [0, 0.05) is 32.1 Å². The van der Waals surface area contributed by atoms with Crippen LogP contribution in [0.3, 0.4) is 0 Å². The molecule has 3 fully saturated rings. The van der Waals surface area contributed by atoms with Crippen molar-refractivity contribution in [2.45, 2.75) is 31.3 Å². The fourth-order valence-electron chi connectivity index (χ4n) is 3.36. The molecular weight excluding hydrogens is 276 g/mol. The van der Waals surface area contributed by atoms with Gasteiger partial charge in [0.15, 0.2) is 0 Å². The van der Waals surface area contributed by atoms with Crippen LogP contribution in [0.1, 0.15) is 19.3 Å². The standard InChI is InChI=1S/C13H18N4O4/c1-15-6-9-3-2-8(4-10(15)18)17(9)12(20)7-16-11(19)5-14-13(16)21/h8-9H,2-7H2,1H3,(H,14,21)/t8-,9+/m1/s1. The Balaban J connectivity index is 1.74.